The second kappa shape index (κ2) is 22.2. The van der Waals surface area contributed by atoms with Crippen LogP contribution in [0.15, 0.2) is 51.7 Å². The van der Waals surface area contributed by atoms with Crippen LogP contribution in [0.4, 0.5) is 5.69 Å². The van der Waals surface area contributed by atoms with E-state index in [1.54, 1.807) is 43.3 Å². The van der Waals surface area contributed by atoms with Gasteiger partial charge in [-0.15, -0.1) is 0 Å². The zero-order valence-electron chi connectivity index (χ0n) is 31.3. The number of hydrogen-bond donors (Lipinski definition) is 2. The molecule has 3 rings (SSSR count). The Bertz CT molecular complexity index is 1620. The summed E-state index contributed by atoms with van der Waals surface area (Å²) in [6.45, 7) is 10.7. The number of amides is 3. The predicted octanol–water partition coefficient (Wildman–Crippen LogP) is 9.53. The van der Waals surface area contributed by atoms with Crippen LogP contribution >= 0.6 is 11.6 Å². The number of nitrogens with zero attached hydrogens (tertiary/aromatic N) is 1. The number of fused-ring (bicyclic) bond motifs is 1. The Balaban J connectivity index is 1.56. The summed E-state index contributed by atoms with van der Waals surface area (Å²) in [5.41, 5.74) is 1.47. The van der Waals surface area contributed by atoms with E-state index in [2.05, 4.69) is 31.4 Å². The van der Waals surface area contributed by atoms with E-state index in [-0.39, 0.29) is 29.8 Å². The molecule has 0 bridgehead atoms. The summed E-state index contributed by atoms with van der Waals surface area (Å²) in [5, 5.41) is 6.81. The first-order valence-corrected chi connectivity index (χ1v) is 19.3. The van der Waals surface area contributed by atoms with E-state index in [0.717, 1.165) is 25.7 Å². The summed E-state index contributed by atoms with van der Waals surface area (Å²) in [6.07, 6.45) is 13.9. The van der Waals surface area contributed by atoms with Gasteiger partial charge in [-0.2, -0.15) is 0 Å². The number of anilines is 1. The lowest BCUT2D eigenvalue weighted by Gasteiger charge is -2.24. The number of likely N-dealkylation sites (N-methyl/N-ethyl adjacent to an activating group) is 1. The van der Waals surface area contributed by atoms with Crippen LogP contribution < -0.4 is 21.0 Å². The first-order chi connectivity index (χ1) is 24.5. The minimum absolute atomic E-state index is 0.0484. The van der Waals surface area contributed by atoms with Gasteiger partial charge in [0.2, 0.25) is 11.8 Å². The van der Waals surface area contributed by atoms with E-state index in [9.17, 15) is 19.2 Å². The second-order valence-corrected chi connectivity index (χ2v) is 14.2. The summed E-state index contributed by atoms with van der Waals surface area (Å²) in [7, 11) is 0. The van der Waals surface area contributed by atoms with Crippen molar-refractivity contribution >= 4 is 46.0 Å². The minimum atomic E-state index is -0.882. The Hall–Kier alpha value is -3.85. The maximum Gasteiger partial charge on any atom is 0.336 e. The van der Waals surface area contributed by atoms with Crippen LogP contribution in [-0.4, -0.2) is 48.4 Å². The number of rotatable bonds is 23. The third-order valence-corrected chi connectivity index (χ3v) is 9.31. The molecule has 280 valence electrons. The fourth-order valence-electron chi connectivity index (χ4n) is 6.01. The monoisotopic (exact) mass is 723 g/mol. The third-order valence-electron chi connectivity index (χ3n) is 9.00. The van der Waals surface area contributed by atoms with Crippen LogP contribution in [0.25, 0.3) is 22.1 Å². The van der Waals surface area contributed by atoms with Gasteiger partial charge in [0.15, 0.2) is 6.10 Å². The van der Waals surface area contributed by atoms with Gasteiger partial charge in [-0.05, 0) is 56.9 Å². The largest absolute Gasteiger partial charge is 0.481 e. The predicted molar refractivity (Wildman–Crippen MR) is 207 cm³/mol. The quantitative estimate of drug-likeness (QED) is 0.0743. The lowest BCUT2D eigenvalue weighted by atomic mass is 10.0. The Kier molecular flexibility index (Phi) is 18.1. The van der Waals surface area contributed by atoms with Crippen LogP contribution in [0.2, 0.25) is 5.02 Å². The summed E-state index contributed by atoms with van der Waals surface area (Å²) in [6, 6.07) is 11.6. The SMILES string of the molecule is CCCCCCCCCCCCCC(=O)Nc1ccc(-c2cc(=O)oc3cc(O[C@H](C)C(=O)N(CC)CC(=O)NCCC(C)C)ccc23)c(Cl)c1. The van der Waals surface area contributed by atoms with Crippen LogP contribution in [0, 0.1) is 5.92 Å². The van der Waals surface area contributed by atoms with Crippen molar-refractivity contribution in [2.24, 2.45) is 5.92 Å². The number of carbonyl (C=O) groups is 3. The molecule has 2 N–H and O–H groups in total. The normalized spacial score (nSPS) is 11.8. The van der Waals surface area contributed by atoms with E-state index in [0.29, 0.717) is 58.4 Å². The molecule has 0 saturated carbocycles. The molecule has 3 aromatic rings. The molecular formula is C41H58ClN3O6. The fourth-order valence-corrected chi connectivity index (χ4v) is 6.29. The standard InChI is InChI=1S/C41H58ClN3O6/c1-6-8-9-10-11-12-13-14-15-16-17-18-38(46)44-31-19-21-33(36(42)25-31)35-27-40(48)51-37-26-32(20-22-34(35)37)50-30(5)41(49)45(7-2)28-39(47)43-24-23-29(3)4/h19-22,25-27,29-30H,6-18,23-24,28H2,1-5H3,(H,43,47)(H,44,46)/t30-/m1/s1. The van der Waals surface area contributed by atoms with Gasteiger partial charge in [0.1, 0.15) is 11.3 Å². The van der Waals surface area contributed by atoms with E-state index in [4.69, 9.17) is 20.8 Å². The molecular weight excluding hydrogens is 666 g/mol. The van der Waals surface area contributed by atoms with Crippen LogP contribution in [-0.2, 0) is 14.4 Å². The molecule has 0 spiro atoms. The molecule has 2 aromatic carbocycles. The molecule has 0 radical (unpaired) electrons. The van der Waals surface area contributed by atoms with Crippen LogP contribution in [0.1, 0.15) is 118 Å². The zero-order valence-corrected chi connectivity index (χ0v) is 32.0. The van der Waals surface area contributed by atoms with Crippen LogP contribution in [0.5, 0.6) is 5.75 Å². The highest BCUT2D eigenvalue weighted by Gasteiger charge is 2.23. The topological polar surface area (TPSA) is 118 Å². The lowest BCUT2D eigenvalue weighted by molar-refractivity contribution is -0.141. The Morgan fingerprint density at radius 1 is 0.824 bits per heavy atom. The van der Waals surface area contributed by atoms with E-state index in [1.807, 2.05) is 6.92 Å². The molecule has 3 amide bonds. The van der Waals surface area contributed by atoms with E-state index < -0.39 is 11.7 Å². The number of hydrogen-bond acceptors (Lipinski definition) is 6. The molecule has 1 aromatic heterocycles. The van der Waals surface area contributed by atoms with Crippen molar-refractivity contribution < 1.29 is 23.5 Å². The highest BCUT2D eigenvalue weighted by atomic mass is 35.5. The summed E-state index contributed by atoms with van der Waals surface area (Å²) in [5.74, 6) is 0.211. The Morgan fingerprint density at radius 2 is 1.49 bits per heavy atom. The molecule has 1 heterocycles. The minimum Gasteiger partial charge on any atom is -0.481 e. The van der Waals surface area contributed by atoms with Gasteiger partial charge in [0.25, 0.3) is 5.91 Å². The zero-order chi connectivity index (χ0) is 37.2. The molecule has 0 fully saturated rings. The summed E-state index contributed by atoms with van der Waals surface area (Å²) in [4.78, 5) is 52.2. The molecule has 9 nitrogen and oxygen atoms in total. The fraction of sp³-hybridized carbons (Fsp3) is 0.561. The number of nitrogens with one attached hydrogen (secondary N) is 2. The number of carbonyl (C=O) groups excluding carboxylic acids is 3. The molecule has 10 heteroatoms. The second-order valence-electron chi connectivity index (χ2n) is 13.8. The van der Waals surface area contributed by atoms with Crippen molar-refractivity contribution in [3.8, 4) is 16.9 Å². The first kappa shape index (κ1) is 41.6. The van der Waals surface area contributed by atoms with Crippen LogP contribution in [0.3, 0.4) is 0 Å². The molecule has 1 atom stereocenters. The average Bonchev–Trinajstić information content (AvgIpc) is 3.08. The molecule has 0 saturated heterocycles. The smallest absolute Gasteiger partial charge is 0.336 e. The first-order valence-electron chi connectivity index (χ1n) is 18.9. The number of halogens is 1. The van der Waals surface area contributed by atoms with Crippen molar-refractivity contribution in [3.63, 3.8) is 0 Å². The van der Waals surface area contributed by atoms with Gasteiger partial charge in [0, 0.05) is 53.8 Å². The highest BCUT2D eigenvalue weighted by molar-refractivity contribution is 6.34. The van der Waals surface area contributed by atoms with Gasteiger partial charge in [-0.1, -0.05) is 103 Å². The van der Waals surface area contributed by atoms with Crippen molar-refractivity contribution in [2.75, 3.05) is 25.0 Å². The Labute approximate surface area is 308 Å². The molecule has 51 heavy (non-hydrogen) atoms. The van der Waals surface area contributed by atoms with Crippen molar-refractivity contribution in [1.29, 1.82) is 0 Å². The van der Waals surface area contributed by atoms with Crippen molar-refractivity contribution in [3.05, 3.63) is 57.9 Å². The van der Waals surface area contributed by atoms with Crippen molar-refractivity contribution in [2.45, 2.75) is 124 Å². The number of unbranched alkanes of at least 4 members (excludes halogenated alkanes) is 10. The Morgan fingerprint density at radius 3 is 2.12 bits per heavy atom. The average molecular weight is 724 g/mol. The maximum atomic E-state index is 13.1. The summed E-state index contributed by atoms with van der Waals surface area (Å²) < 4.78 is 11.4. The van der Waals surface area contributed by atoms with E-state index >= 15 is 0 Å². The van der Waals surface area contributed by atoms with Gasteiger partial charge < -0.3 is 24.7 Å². The van der Waals surface area contributed by atoms with Gasteiger partial charge >= 0.3 is 5.63 Å². The third kappa shape index (κ3) is 14.4. The molecule has 0 aliphatic heterocycles. The van der Waals surface area contributed by atoms with Gasteiger partial charge in [-0.25, -0.2) is 4.79 Å². The van der Waals surface area contributed by atoms with E-state index in [1.165, 1.54) is 62.3 Å². The maximum absolute atomic E-state index is 13.1. The van der Waals surface area contributed by atoms with Gasteiger partial charge in [0.05, 0.1) is 11.6 Å². The van der Waals surface area contributed by atoms with Crippen molar-refractivity contribution in [1.82, 2.24) is 10.2 Å². The summed E-state index contributed by atoms with van der Waals surface area (Å²) >= 11 is 6.70. The molecule has 0 aliphatic rings. The highest BCUT2D eigenvalue weighted by Crippen LogP contribution is 2.35. The number of ether oxygens (including phenoxy) is 1. The van der Waals surface area contributed by atoms with Gasteiger partial charge in [-0.3, -0.25) is 14.4 Å². The molecule has 0 aliphatic carbocycles. The molecule has 0 unspecified atom stereocenters. The number of benzene rings is 2. The lowest BCUT2D eigenvalue weighted by Crippen LogP contribution is -2.45.